The van der Waals surface area contributed by atoms with Crippen molar-refractivity contribution in [2.24, 2.45) is 0 Å². The third-order valence-corrected chi connectivity index (χ3v) is 2.65. The normalized spacial score (nSPS) is 10.9. The summed E-state index contributed by atoms with van der Waals surface area (Å²) in [6, 6.07) is 1.55. The molecule has 18 heavy (non-hydrogen) atoms. The van der Waals surface area contributed by atoms with Crippen LogP contribution in [0.25, 0.3) is 0 Å². The van der Waals surface area contributed by atoms with Crippen LogP contribution in [0.5, 0.6) is 11.6 Å². The maximum Gasteiger partial charge on any atom is 0.223 e. The number of rotatable bonds is 4. The summed E-state index contributed by atoms with van der Waals surface area (Å²) >= 11 is 5.72. The number of nitrogens with zero attached hydrogens (tertiary/aromatic N) is 3. The van der Waals surface area contributed by atoms with Crippen LogP contribution in [0.15, 0.2) is 24.7 Å². The quantitative estimate of drug-likeness (QED) is 0.797. The van der Waals surface area contributed by atoms with E-state index in [-0.39, 0.29) is 11.9 Å². The van der Waals surface area contributed by atoms with E-state index >= 15 is 0 Å². The van der Waals surface area contributed by atoms with Crippen LogP contribution in [0.4, 0.5) is 4.39 Å². The second kappa shape index (κ2) is 5.35. The molecule has 0 amide bonds. The molecule has 0 N–H and O–H groups in total. The largest absolute Gasteiger partial charge is 0.435 e. The van der Waals surface area contributed by atoms with Crippen molar-refractivity contribution < 1.29 is 9.13 Å². The van der Waals surface area contributed by atoms with Gasteiger partial charge >= 0.3 is 0 Å². The Hall–Kier alpha value is -1.62. The van der Waals surface area contributed by atoms with Crippen molar-refractivity contribution in [1.29, 1.82) is 0 Å². The lowest BCUT2D eigenvalue weighted by molar-refractivity contribution is 0.451. The molecule has 0 aliphatic carbocycles. The first-order valence-corrected chi connectivity index (χ1v) is 6.06. The fourth-order valence-corrected chi connectivity index (χ4v) is 1.62. The molecule has 2 rings (SSSR count). The molecule has 0 radical (unpaired) electrons. The Morgan fingerprint density at radius 1 is 1.44 bits per heavy atom. The van der Waals surface area contributed by atoms with Gasteiger partial charge in [0.1, 0.15) is 5.82 Å². The fraction of sp³-hybridized carbons (Fsp3) is 0.333. The average molecular weight is 270 g/mol. The Kier molecular flexibility index (Phi) is 3.81. The monoisotopic (exact) mass is 269 g/mol. The minimum absolute atomic E-state index is 0.137. The van der Waals surface area contributed by atoms with E-state index in [0.717, 1.165) is 6.20 Å². The molecule has 0 aliphatic heterocycles. The number of ether oxygens (including phenoxy) is 1. The van der Waals surface area contributed by atoms with E-state index in [9.17, 15) is 4.39 Å². The molecule has 2 heterocycles. The van der Waals surface area contributed by atoms with Crippen molar-refractivity contribution in [1.82, 2.24) is 14.8 Å². The first-order valence-electron chi connectivity index (χ1n) is 5.52. The molecule has 0 aliphatic rings. The molecule has 2 aromatic rings. The highest BCUT2D eigenvalue weighted by atomic mass is 35.5. The molecule has 0 saturated carbocycles. The zero-order valence-corrected chi connectivity index (χ0v) is 10.9. The molecule has 4 nitrogen and oxygen atoms in total. The summed E-state index contributed by atoms with van der Waals surface area (Å²) in [4.78, 5) is 3.88. The van der Waals surface area contributed by atoms with Crippen LogP contribution in [0.3, 0.4) is 0 Å². The third kappa shape index (κ3) is 2.79. The van der Waals surface area contributed by atoms with Crippen molar-refractivity contribution in [3.05, 3.63) is 36.0 Å². The van der Waals surface area contributed by atoms with Crippen molar-refractivity contribution in [2.75, 3.05) is 0 Å². The van der Waals surface area contributed by atoms with E-state index in [1.54, 1.807) is 17.1 Å². The molecule has 0 atom stereocenters. The van der Waals surface area contributed by atoms with Crippen LogP contribution in [-0.4, -0.2) is 14.8 Å². The van der Waals surface area contributed by atoms with Crippen molar-refractivity contribution in [2.45, 2.75) is 25.8 Å². The molecule has 96 valence electrons. The van der Waals surface area contributed by atoms with E-state index in [2.05, 4.69) is 10.1 Å². The van der Waals surface area contributed by atoms with E-state index in [1.165, 1.54) is 6.07 Å². The highest BCUT2D eigenvalue weighted by molar-refractivity contribution is 6.17. The van der Waals surface area contributed by atoms with E-state index in [4.69, 9.17) is 16.3 Å². The minimum atomic E-state index is -0.434. The number of aromatic nitrogens is 3. The smallest absolute Gasteiger partial charge is 0.223 e. The van der Waals surface area contributed by atoms with Gasteiger partial charge in [-0.2, -0.15) is 5.10 Å². The molecule has 0 unspecified atom stereocenters. The number of hydrogen-bond donors (Lipinski definition) is 0. The van der Waals surface area contributed by atoms with Gasteiger partial charge in [-0.3, -0.25) is 4.68 Å². The molecular formula is C12H13ClFN3O. The van der Waals surface area contributed by atoms with Gasteiger partial charge in [0.25, 0.3) is 0 Å². The summed E-state index contributed by atoms with van der Waals surface area (Å²) < 4.78 is 20.3. The molecular weight excluding hydrogens is 257 g/mol. The molecule has 2 aromatic heterocycles. The number of hydrogen-bond acceptors (Lipinski definition) is 3. The van der Waals surface area contributed by atoms with Gasteiger partial charge in [0.2, 0.25) is 5.88 Å². The van der Waals surface area contributed by atoms with Crippen LogP contribution in [0.1, 0.15) is 25.5 Å². The highest BCUT2D eigenvalue weighted by Gasteiger charge is 2.09. The van der Waals surface area contributed by atoms with Gasteiger partial charge < -0.3 is 4.74 Å². The summed E-state index contributed by atoms with van der Waals surface area (Å²) in [5, 5.41) is 4.14. The van der Waals surface area contributed by atoms with Gasteiger partial charge in [-0.05, 0) is 19.9 Å². The Balaban J connectivity index is 2.22. The minimum Gasteiger partial charge on any atom is -0.435 e. The second-order valence-corrected chi connectivity index (χ2v) is 4.37. The van der Waals surface area contributed by atoms with Crippen LogP contribution >= 0.6 is 11.6 Å². The standard InChI is InChI=1S/C12H13ClFN3O/c1-8(2)17-7-11(6-16-17)18-12-9(4-13)3-10(14)5-15-12/h3,5-8H,4H2,1-2H3. The first-order chi connectivity index (χ1) is 8.60. The summed E-state index contributed by atoms with van der Waals surface area (Å²) in [7, 11) is 0. The topological polar surface area (TPSA) is 39.9 Å². The molecule has 0 aromatic carbocycles. The summed E-state index contributed by atoms with van der Waals surface area (Å²) in [6.45, 7) is 4.02. The van der Waals surface area contributed by atoms with Gasteiger partial charge in [0, 0.05) is 11.6 Å². The first kappa shape index (κ1) is 12.8. The maximum absolute atomic E-state index is 13.0. The van der Waals surface area contributed by atoms with Crippen LogP contribution < -0.4 is 4.74 Å². The SMILES string of the molecule is CC(C)n1cc(Oc2ncc(F)cc2CCl)cn1. The highest BCUT2D eigenvalue weighted by Crippen LogP contribution is 2.25. The third-order valence-electron chi connectivity index (χ3n) is 2.36. The maximum atomic E-state index is 13.0. The molecule has 0 spiro atoms. The number of halogens is 2. The predicted octanol–water partition coefficient (Wildman–Crippen LogP) is 3.53. The molecule has 0 saturated heterocycles. The predicted molar refractivity (Wildman–Crippen MR) is 66.4 cm³/mol. The van der Waals surface area contributed by atoms with Crippen molar-refractivity contribution >= 4 is 11.6 Å². The molecule has 6 heteroatoms. The zero-order valence-electron chi connectivity index (χ0n) is 10.1. The van der Waals surface area contributed by atoms with Gasteiger partial charge in [-0.1, -0.05) is 0 Å². The average Bonchev–Trinajstić information content (AvgIpc) is 2.80. The van der Waals surface area contributed by atoms with E-state index < -0.39 is 5.82 Å². The lowest BCUT2D eigenvalue weighted by Gasteiger charge is -2.06. The zero-order chi connectivity index (χ0) is 13.1. The second-order valence-electron chi connectivity index (χ2n) is 4.10. The summed E-state index contributed by atoms with van der Waals surface area (Å²) in [6.07, 6.45) is 4.44. The van der Waals surface area contributed by atoms with Crippen molar-refractivity contribution in [3.8, 4) is 11.6 Å². The van der Waals surface area contributed by atoms with Crippen LogP contribution in [0, 0.1) is 5.82 Å². The van der Waals surface area contributed by atoms with Crippen LogP contribution in [-0.2, 0) is 5.88 Å². The Bertz CT molecular complexity index is 542. The summed E-state index contributed by atoms with van der Waals surface area (Å²) in [5.41, 5.74) is 0.508. The molecule has 0 fully saturated rings. The van der Waals surface area contributed by atoms with Gasteiger partial charge in [0.15, 0.2) is 5.75 Å². The van der Waals surface area contributed by atoms with Gasteiger partial charge in [-0.25, -0.2) is 9.37 Å². The van der Waals surface area contributed by atoms with Gasteiger partial charge in [-0.15, -0.1) is 11.6 Å². The number of pyridine rings is 1. The number of alkyl halides is 1. The van der Waals surface area contributed by atoms with Crippen molar-refractivity contribution in [3.63, 3.8) is 0 Å². The fourth-order valence-electron chi connectivity index (χ4n) is 1.42. The van der Waals surface area contributed by atoms with E-state index in [0.29, 0.717) is 17.2 Å². The lowest BCUT2D eigenvalue weighted by atomic mass is 10.3. The Morgan fingerprint density at radius 3 is 2.83 bits per heavy atom. The van der Waals surface area contributed by atoms with Crippen LogP contribution in [0.2, 0.25) is 0 Å². The lowest BCUT2D eigenvalue weighted by Crippen LogP contribution is -1.99. The van der Waals surface area contributed by atoms with Gasteiger partial charge in [0.05, 0.1) is 24.5 Å². The summed E-state index contributed by atoms with van der Waals surface area (Å²) in [5.74, 6) is 0.554. The Morgan fingerprint density at radius 2 is 2.22 bits per heavy atom. The Labute approximate surface area is 109 Å². The molecule has 0 bridgehead atoms. The van der Waals surface area contributed by atoms with E-state index in [1.807, 2.05) is 13.8 Å².